The number of benzene rings is 2. The number of hydrogen-bond donors (Lipinski definition) is 0. The first-order valence-corrected chi connectivity index (χ1v) is 11.6. The first-order valence-electron chi connectivity index (χ1n) is 11.6. The van der Waals surface area contributed by atoms with Gasteiger partial charge in [0.05, 0.1) is 0 Å². The third kappa shape index (κ3) is 11.5. The third-order valence-corrected chi connectivity index (χ3v) is 4.75. The number of hydrogen-bond acceptors (Lipinski definition) is 6. The van der Waals surface area contributed by atoms with E-state index < -0.39 is 11.7 Å². The second kappa shape index (κ2) is 14.0. The molecule has 184 valence electrons. The molecule has 7 heteroatoms. The summed E-state index contributed by atoms with van der Waals surface area (Å²) in [7, 11) is 0. The quantitative estimate of drug-likeness (QED) is 0.311. The molecule has 0 heterocycles. The topological polar surface area (TPSA) is 82.1 Å². The minimum atomic E-state index is -0.640. The van der Waals surface area contributed by atoms with Crippen LogP contribution < -0.4 is 0 Å². The van der Waals surface area contributed by atoms with E-state index in [2.05, 4.69) is 0 Å². The van der Waals surface area contributed by atoms with Gasteiger partial charge in [0.2, 0.25) is 0 Å². The molecule has 0 aliphatic rings. The van der Waals surface area contributed by atoms with Crippen LogP contribution in [-0.2, 0) is 37.0 Å². The second-order valence-electron chi connectivity index (χ2n) is 8.97. The summed E-state index contributed by atoms with van der Waals surface area (Å²) in [5.41, 5.74) is 1.20. The van der Waals surface area contributed by atoms with Gasteiger partial charge in [-0.1, -0.05) is 60.7 Å². The molecule has 1 amide bonds. The van der Waals surface area contributed by atoms with Crippen molar-refractivity contribution in [2.75, 3.05) is 13.1 Å². The van der Waals surface area contributed by atoms with Crippen LogP contribution in [0.1, 0.15) is 57.6 Å². The Bertz CT molecular complexity index is 831. The van der Waals surface area contributed by atoms with Gasteiger partial charge < -0.3 is 19.1 Å². The van der Waals surface area contributed by atoms with Gasteiger partial charge in [0.25, 0.3) is 0 Å². The van der Waals surface area contributed by atoms with Gasteiger partial charge in [-0.15, -0.1) is 0 Å². The molecule has 34 heavy (non-hydrogen) atoms. The summed E-state index contributed by atoms with van der Waals surface area (Å²) in [4.78, 5) is 38.3. The lowest BCUT2D eigenvalue weighted by Gasteiger charge is -2.27. The van der Waals surface area contributed by atoms with Crippen molar-refractivity contribution in [3.05, 3.63) is 71.8 Å². The fourth-order valence-corrected chi connectivity index (χ4v) is 3.07. The lowest BCUT2D eigenvalue weighted by Crippen LogP contribution is -2.38. The highest BCUT2D eigenvalue weighted by atomic mass is 16.6. The van der Waals surface area contributed by atoms with E-state index in [9.17, 15) is 14.4 Å². The number of carbonyl (C=O) groups is 3. The third-order valence-electron chi connectivity index (χ3n) is 4.75. The summed E-state index contributed by atoms with van der Waals surface area (Å²) in [5.74, 6) is -0.644. The van der Waals surface area contributed by atoms with Gasteiger partial charge in [0, 0.05) is 25.9 Å². The lowest BCUT2D eigenvalue weighted by molar-refractivity contribution is -0.145. The zero-order valence-corrected chi connectivity index (χ0v) is 20.3. The van der Waals surface area contributed by atoms with Gasteiger partial charge in [-0.05, 0) is 44.7 Å². The van der Waals surface area contributed by atoms with Crippen molar-refractivity contribution in [2.45, 2.75) is 65.3 Å². The summed E-state index contributed by atoms with van der Waals surface area (Å²) in [5, 5.41) is 0. The first kappa shape index (κ1) is 26.9. The highest BCUT2D eigenvalue weighted by molar-refractivity contribution is 5.71. The molecule has 0 spiro atoms. The Kier molecular flexibility index (Phi) is 11.1. The van der Waals surface area contributed by atoms with E-state index in [4.69, 9.17) is 14.2 Å². The highest BCUT2D eigenvalue weighted by Crippen LogP contribution is 2.12. The van der Waals surface area contributed by atoms with Gasteiger partial charge in [0.1, 0.15) is 18.8 Å². The average molecular weight is 470 g/mol. The molecule has 2 rings (SSSR count). The Morgan fingerprint density at radius 2 is 1.12 bits per heavy atom. The number of nitrogens with zero attached hydrogens (tertiary/aromatic N) is 1. The molecular weight excluding hydrogens is 434 g/mol. The highest BCUT2D eigenvalue weighted by Gasteiger charge is 2.22. The Morgan fingerprint density at radius 3 is 1.50 bits per heavy atom. The van der Waals surface area contributed by atoms with E-state index in [1.165, 1.54) is 4.90 Å². The molecule has 0 atom stereocenters. The second-order valence-corrected chi connectivity index (χ2v) is 8.97. The fraction of sp³-hybridized carbons (Fsp3) is 0.444. The molecule has 0 aliphatic heterocycles. The first-order chi connectivity index (χ1) is 16.2. The molecule has 0 fully saturated rings. The summed E-state index contributed by atoms with van der Waals surface area (Å²) in [6.07, 6.45) is 0.774. The standard InChI is InChI=1S/C27H35NO6/c1-27(2,3)34-26(31)28(18-10-16-24(29)32-20-22-12-6-4-7-13-22)19-11-17-25(30)33-21-23-14-8-5-9-15-23/h4-9,12-15H,10-11,16-21H2,1-3H3. The SMILES string of the molecule is CC(C)(C)OC(=O)N(CCCC(=O)OCc1ccccc1)CCCC(=O)OCc1ccccc1. The van der Waals surface area contributed by atoms with E-state index >= 15 is 0 Å². The summed E-state index contributed by atoms with van der Waals surface area (Å²) < 4.78 is 16.1. The molecule has 2 aromatic rings. The monoisotopic (exact) mass is 469 g/mol. The van der Waals surface area contributed by atoms with Crippen LogP contribution in [0.25, 0.3) is 0 Å². The predicted octanol–water partition coefficient (Wildman–Crippen LogP) is 5.27. The predicted molar refractivity (Wildman–Crippen MR) is 129 cm³/mol. The van der Waals surface area contributed by atoms with Crippen molar-refractivity contribution in [3.8, 4) is 0 Å². The maximum Gasteiger partial charge on any atom is 0.410 e. The normalized spacial score (nSPS) is 10.9. The van der Waals surface area contributed by atoms with E-state index in [-0.39, 0.29) is 38.0 Å². The Hall–Kier alpha value is -3.35. The average Bonchev–Trinajstić information content (AvgIpc) is 2.80. The molecule has 0 N–H and O–H groups in total. The van der Waals surface area contributed by atoms with Crippen LogP contribution in [0.2, 0.25) is 0 Å². The molecule has 0 unspecified atom stereocenters. The largest absolute Gasteiger partial charge is 0.461 e. The van der Waals surface area contributed by atoms with Crippen LogP contribution in [0.5, 0.6) is 0 Å². The van der Waals surface area contributed by atoms with Crippen LogP contribution in [0.3, 0.4) is 0 Å². The number of amides is 1. The van der Waals surface area contributed by atoms with Crippen LogP contribution in [0, 0.1) is 0 Å². The molecule has 7 nitrogen and oxygen atoms in total. The van der Waals surface area contributed by atoms with Crippen LogP contribution in [0.4, 0.5) is 4.79 Å². The van der Waals surface area contributed by atoms with Crippen molar-refractivity contribution in [3.63, 3.8) is 0 Å². The molecule has 0 saturated carbocycles. The maximum absolute atomic E-state index is 12.6. The van der Waals surface area contributed by atoms with Crippen molar-refractivity contribution >= 4 is 18.0 Å². The van der Waals surface area contributed by atoms with Crippen molar-refractivity contribution < 1.29 is 28.6 Å². The number of carbonyl (C=O) groups excluding carboxylic acids is 3. The van der Waals surface area contributed by atoms with Crippen molar-refractivity contribution in [1.29, 1.82) is 0 Å². The van der Waals surface area contributed by atoms with Crippen LogP contribution in [-0.4, -0.2) is 41.6 Å². The Balaban J connectivity index is 1.75. The van der Waals surface area contributed by atoms with Gasteiger partial charge >= 0.3 is 18.0 Å². The summed E-state index contributed by atoms with van der Waals surface area (Å²) in [6.45, 7) is 6.49. The molecule has 0 radical (unpaired) electrons. The van der Waals surface area contributed by atoms with Crippen molar-refractivity contribution in [2.24, 2.45) is 0 Å². The Labute approximate surface area is 202 Å². The smallest absolute Gasteiger partial charge is 0.410 e. The van der Waals surface area contributed by atoms with E-state index in [1.807, 2.05) is 60.7 Å². The molecule has 0 aromatic heterocycles. The van der Waals surface area contributed by atoms with Gasteiger partial charge in [-0.2, -0.15) is 0 Å². The van der Waals surface area contributed by atoms with E-state index in [1.54, 1.807) is 20.8 Å². The zero-order chi connectivity index (χ0) is 24.8. The summed E-state index contributed by atoms with van der Waals surface area (Å²) in [6, 6.07) is 18.9. The number of ether oxygens (including phenoxy) is 3. The van der Waals surface area contributed by atoms with Gasteiger partial charge in [0.15, 0.2) is 0 Å². The zero-order valence-electron chi connectivity index (χ0n) is 20.3. The number of rotatable bonds is 12. The maximum atomic E-state index is 12.6. The fourth-order valence-electron chi connectivity index (χ4n) is 3.07. The van der Waals surface area contributed by atoms with Gasteiger partial charge in [-0.3, -0.25) is 9.59 Å². The molecule has 2 aromatic carbocycles. The van der Waals surface area contributed by atoms with E-state index in [0.717, 1.165) is 11.1 Å². The molecule has 0 bridgehead atoms. The van der Waals surface area contributed by atoms with Crippen LogP contribution >= 0.6 is 0 Å². The van der Waals surface area contributed by atoms with Crippen molar-refractivity contribution in [1.82, 2.24) is 4.90 Å². The van der Waals surface area contributed by atoms with Crippen LogP contribution in [0.15, 0.2) is 60.7 Å². The molecule has 0 saturated heterocycles. The minimum Gasteiger partial charge on any atom is -0.461 e. The molecule has 0 aliphatic carbocycles. The Morgan fingerprint density at radius 1 is 0.706 bits per heavy atom. The minimum absolute atomic E-state index is 0.186. The molecular formula is C27H35NO6. The lowest BCUT2D eigenvalue weighted by atomic mass is 10.2. The van der Waals surface area contributed by atoms with Gasteiger partial charge in [-0.25, -0.2) is 4.79 Å². The number of esters is 2. The van der Waals surface area contributed by atoms with E-state index in [0.29, 0.717) is 25.9 Å². The summed E-state index contributed by atoms with van der Waals surface area (Å²) >= 11 is 0.